The average Bonchev–Trinajstić information content (AvgIpc) is 2.69. The van der Waals surface area contributed by atoms with Gasteiger partial charge in [-0.25, -0.2) is 8.78 Å². The van der Waals surface area contributed by atoms with Crippen LogP contribution in [-0.2, 0) is 0 Å². The minimum absolute atomic E-state index is 0.158. The van der Waals surface area contributed by atoms with Crippen LogP contribution in [0.15, 0.2) is 30.3 Å². The molecule has 2 N–H and O–H groups in total. The van der Waals surface area contributed by atoms with Gasteiger partial charge in [0.15, 0.2) is 17.4 Å². The van der Waals surface area contributed by atoms with Crippen molar-refractivity contribution < 1.29 is 37.7 Å². The van der Waals surface area contributed by atoms with E-state index < -0.39 is 74.3 Å². The monoisotopic (exact) mass is 454 g/mol. The van der Waals surface area contributed by atoms with Gasteiger partial charge >= 0.3 is 0 Å². The molecule has 0 fully saturated rings. The van der Waals surface area contributed by atoms with Crippen molar-refractivity contribution in [1.29, 1.82) is 0 Å². The molecule has 0 spiro atoms. The molecule has 4 rings (SSSR count). The maximum absolute atomic E-state index is 15.2. The number of hydrogen-bond acceptors (Lipinski definition) is 5. The second-order valence-corrected chi connectivity index (χ2v) is 7.00. The van der Waals surface area contributed by atoms with Crippen LogP contribution in [0.2, 0.25) is 10.0 Å². The predicted octanol–water partition coefficient (Wildman–Crippen LogP) is 5.39. The Morgan fingerprint density at radius 3 is 1.63 bits per heavy atom. The SMILES string of the molecule is O=C1c2c(O)ccc(O)c2C(=O)c2c(F)c(Oc3c(Cl)cccc3Cl)c(F)c(F)c21. The number of hydrogen-bond donors (Lipinski definition) is 2. The highest BCUT2D eigenvalue weighted by Gasteiger charge is 2.42. The number of ketones is 2. The van der Waals surface area contributed by atoms with Gasteiger partial charge in [-0.15, -0.1) is 0 Å². The summed E-state index contributed by atoms with van der Waals surface area (Å²) in [6.45, 7) is 0. The van der Waals surface area contributed by atoms with Crippen molar-refractivity contribution in [2.75, 3.05) is 0 Å². The van der Waals surface area contributed by atoms with E-state index >= 15 is 4.39 Å². The molecule has 1 aliphatic rings. The van der Waals surface area contributed by atoms with E-state index in [9.17, 15) is 28.6 Å². The highest BCUT2D eigenvalue weighted by Crippen LogP contribution is 2.44. The highest BCUT2D eigenvalue weighted by molar-refractivity contribution is 6.37. The summed E-state index contributed by atoms with van der Waals surface area (Å²) < 4.78 is 49.6. The third-order valence-electron chi connectivity index (χ3n) is 4.47. The number of ether oxygens (including phenoxy) is 1. The number of rotatable bonds is 2. The summed E-state index contributed by atoms with van der Waals surface area (Å²) in [6, 6.07) is 5.78. The summed E-state index contributed by atoms with van der Waals surface area (Å²) in [5.41, 5.74) is -3.92. The van der Waals surface area contributed by atoms with Gasteiger partial charge in [-0.1, -0.05) is 29.3 Å². The zero-order chi connectivity index (χ0) is 21.9. The number of carbonyl (C=O) groups excluding carboxylic acids is 2. The van der Waals surface area contributed by atoms with E-state index in [1.807, 2.05) is 0 Å². The van der Waals surface area contributed by atoms with E-state index in [1.165, 1.54) is 18.2 Å². The highest BCUT2D eigenvalue weighted by atomic mass is 35.5. The smallest absolute Gasteiger partial charge is 0.205 e. The lowest BCUT2D eigenvalue weighted by Gasteiger charge is -2.22. The molecule has 30 heavy (non-hydrogen) atoms. The summed E-state index contributed by atoms with van der Waals surface area (Å²) >= 11 is 11.8. The number of phenols is 2. The lowest BCUT2D eigenvalue weighted by molar-refractivity contribution is 0.0965. The van der Waals surface area contributed by atoms with Crippen LogP contribution < -0.4 is 4.74 Å². The van der Waals surface area contributed by atoms with E-state index in [-0.39, 0.29) is 10.0 Å². The standard InChI is InChI=1S/C20H7Cl2F3O5/c21-6-2-1-3-7(22)19(6)30-20-15(24)13-12(14(23)16(20)25)17(28)10-8(26)4-5-9(27)11(10)18(13)29/h1-5,26-27H. The zero-order valence-corrected chi connectivity index (χ0v) is 15.9. The molecule has 1 aliphatic carbocycles. The average molecular weight is 455 g/mol. The molecular weight excluding hydrogens is 448 g/mol. The minimum atomic E-state index is -1.91. The Hall–Kier alpha value is -3.23. The summed E-state index contributed by atoms with van der Waals surface area (Å²) in [5, 5.41) is 19.5. The molecule has 0 atom stereocenters. The number of fused-ring (bicyclic) bond motifs is 2. The molecule has 0 radical (unpaired) electrons. The van der Waals surface area contributed by atoms with E-state index in [0.29, 0.717) is 0 Å². The molecule has 152 valence electrons. The second kappa shape index (κ2) is 6.93. The van der Waals surface area contributed by atoms with E-state index in [4.69, 9.17) is 27.9 Å². The number of aromatic hydroxyl groups is 2. The van der Waals surface area contributed by atoms with Gasteiger partial charge in [0.05, 0.1) is 32.3 Å². The van der Waals surface area contributed by atoms with Crippen LogP contribution >= 0.6 is 23.2 Å². The van der Waals surface area contributed by atoms with Gasteiger partial charge in [-0.2, -0.15) is 4.39 Å². The van der Waals surface area contributed by atoms with Crippen LogP contribution in [-0.4, -0.2) is 21.8 Å². The largest absolute Gasteiger partial charge is 0.507 e. The third kappa shape index (κ3) is 2.72. The zero-order valence-electron chi connectivity index (χ0n) is 14.4. The molecule has 0 saturated carbocycles. The number of para-hydroxylation sites is 1. The third-order valence-corrected chi connectivity index (χ3v) is 5.07. The number of benzene rings is 3. The minimum Gasteiger partial charge on any atom is -0.507 e. The Labute approximate surface area is 175 Å². The molecule has 0 saturated heterocycles. The molecule has 0 heterocycles. The first-order valence-electron chi connectivity index (χ1n) is 8.11. The quantitative estimate of drug-likeness (QED) is 0.313. The molecular formula is C20H7Cl2F3O5. The number of carbonyl (C=O) groups is 2. The van der Waals surface area contributed by atoms with Gasteiger partial charge in [0, 0.05) is 0 Å². The van der Waals surface area contributed by atoms with Crippen molar-refractivity contribution >= 4 is 34.8 Å². The van der Waals surface area contributed by atoms with Crippen molar-refractivity contribution in [1.82, 2.24) is 0 Å². The summed E-state index contributed by atoms with van der Waals surface area (Å²) in [7, 11) is 0. The summed E-state index contributed by atoms with van der Waals surface area (Å²) in [5.74, 6) is -11.5. The van der Waals surface area contributed by atoms with Crippen LogP contribution in [0.4, 0.5) is 13.2 Å². The van der Waals surface area contributed by atoms with Crippen LogP contribution in [0, 0.1) is 17.5 Å². The van der Waals surface area contributed by atoms with E-state index in [0.717, 1.165) is 12.1 Å². The van der Waals surface area contributed by atoms with Crippen LogP contribution in [0.1, 0.15) is 31.8 Å². The first-order valence-corrected chi connectivity index (χ1v) is 8.87. The molecule has 10 heteroatoms. The Kier molecular flexibility index (Phi) is 4.63. The fourth-order valence-corrected chi connectivity index (χ4v) is 3.60. The fourth-order valence-electron chi connectivity index (χ4n) is 3.13. The second-order valence-electron chi connectivity index (χ2n) is 6.19. The van der Waals surface area contributed by atoms with Crippen molar-refractivity contribution in [3.8, 4) is 23.0 Å². The number of phenolic OH excluding ortho intramolecular Hbond substituents is 2. The molecule has 0 bridgehead atoms. The van der Waals surface area contributed by atoms with E-state index in [1.54, 1.807) is 0 Å². The van der Waals surface area contributed by atoms with Crippen molar-refractivity contribution in [2.24, 2.45) is 0 Å². The fraction of sp³-hybridized carbons (Fsp3) is 0. The lowest BCUT2D eigenvalue weighted by Crippen LogP contribution is -2.25. The molecule has 0 amide bonds. The maximum atomic E-state index is 15.2. The Morgan fingerprint density at radius 1 is 0.667 bits per heavy atom. The summed E-state index contributed by atoms with van der Waals surface area (Å²) in [6.07, 6.45) is 0. The Balaban J connectivity index is 2.00. The molecule has 0 aliphatic heterocycles. The van der Waals surface area contributed by atoms with Crippen molar-refractivity contribution in [2.45, 2.75) is 0 Å². The van der Waals surface area contributed by atoms with Crippen LogP contribution in [0.25, 0.3) is 0 Å². The molecule has 0 unspecified atom stereocenters. The van der Waals surface area contributed by atoms with Gasteiger partial charge in [0.25, 0.3) is 0 Å². The van der Waals surface area contributed by atoms with Crippen molar-refractivity contribution in [3.63, 3.8) is 0 Å². The topological polar surface area (TPSA) is 83.8 Å². The van der Waals surface area contributed by atoms with Gasteiger partial charge < -0.3 is 14.9 Å². The van der Waals surface area contributed by atoms with Crippen LogP contribution in [0.5, 0.6) is 23.0 Å². The molecule has 3 aromatic carbocycles. The van der Waals surface area contributed by atoms with Crippen molar-refractivity contribution in [3.05, 3.63) is 80.1 Å². The van der Waals surface area contributed by atoms with Gasteiger partial charge in [-0.05, 0) is 24.3 Å². The van der Waals surface area contributed by atoms with Gasteiger partial charge in [0.2, 0.25) is 23.1 Å². The predicted molar refractivity (Wildman–Crippen MR) is 99.5 cm³/mol. The normalized spacial score (nSPS) is 12.6. The first kappa shape index (κ1) is 20.1. The Morgan fingerprint density at radius 2 is 1.13 bits per heavy atom. The lowest BCUT2D eigenvalue weighted by atomic mass is 9.82. The summed E-state index contributed by atoms with van der Waals surface area (Å²) in [4.78, 5) is 25.4. The molecule has 5 nitrogen and oxygen atoms in total. The Bertz CT molecular complexity index is 1270. The molecule has 3 aromatic rings. The first-order chi connectivity index (χ1) is 14.1. The van der Waals surface area contributed by atoms with Gasteiger partial charge in [-0.3, -0.25) is 9.59 Å². The number of halogens is 5. The maximum Gasteiger partial charge on any atom is 0.205 e. The molecule has 0 aromatic heterocycles. The van der Waals surface area contributed by atoms with E-state index in [2.05, 4.69) is 0 Å². The van der Waals surface area contributed by atoms with Gasteiger partial charge in [0.1, 0.15) is 11.5 Å². The van der Waals surface area contributed by atoms with Crippen LogP contribution in [0.3, 0.4) is 0 Å².